The second kappa shape index (κ2) is 8.22. The highest BCUT2D eigenvalue weighted by Gasteiger charge is 2.13. The van der Waals surface area contributed by atoms with Crippen molar-refractivity contribution in [1.29, 1.82) is 0 Å². The Balaban J connectivity index is 1.78. The Hall–Kier alpha value is -2.55. The molecule has 3 rings (SSSR count). The zero-order chi connectivity index (χ0) is 18.5. The number of hydrogen-bond acceptors (Lipinski definition) is 6. The summed E-state index contributed by atoms with van der Waals surface area (Å²) in [6.45, 7) is -0.462. The minimum atomic E-state index is -0.500. The number of aryl methyl sites for hydroxylation is 1. The molecule has 0 unspecified atom stereocenters. The fourth-order valence-corrected chi connectivity index (χ4v) is 3.92. The van der Waals surface area contributed by atoms with Crippen LogP contribution >= 0.6 is 11.3 Å². The van der Waals surface area contributed by atoms with Gasteiger partial charge < -0.3 is 5.73 Å². The summed E-state index contributed by atoms with van der Waals surface area (Å²) in [6.07, 6.45) is 6.14. The summed E-state index contributed by atoms with van der Waals surface area (Å²) in [7, 11) is 1.92. The molecule has 1 saturated carbocycles. The number of benzene rings is 1. The van der Waals surface area contributed by atoms with Crippen molar-refractivity contribution in [2.75, 3.05) is 6.54 Å². The van der Waals surface area contributed by atoms with E-state index in [-0.39, 0.29) is 5.84 Å². The molecule has 1 aromatic carbocycles. The molecule has 0 aliphatic heterocycles. The molecule has 2 N–H and O–H groups in total. The third kappa shape index (κ3) is 4.75. The van der Waals surface area contributed by atoms with Crippen molar-refractivity contribution in [1.82, 2.24) is 9.78 Å². The lowest BCUT2D eigenvalue weighted by molar-refractivity contribution is -0.463. The van der Waals surface area contributed by atoms with Crippen LogP contribution in [0.25, 0.3) is 10.6 Å². The van der Waals surface area contributed by atoms with E-state index in [1.165, 1.54) is 19.3 Å². The van der Waals surface area contributed by atoms with Crippen LogP contribution in [0.15, 0.2) is 34.3 Å². The predicted molar refractivity (Wildman–Crippen MR) is 102 cm³/mol. The van der Waals surface area contributed by atoms with Crippen LogP contribution in [0.5, 0.6) is 0 Å². The summed E-state index contributed by atoms with van der Waals surface area (Å²) in [4.78, 5) is 19.8. The van der Waals surface area contributed by atoms with Gasteiger partial charge >= 0.3 is 0 Å². The Morgan fingerprint density at radius 2 is 2.04 bits per heavy atom. The highest BCUT2D eigenvalue weighted by atomic mass is 32.1. The van der Waals surface area contributed by atoms with E-state index in [1.807, 2.05) is 23.9 Å². The molecule has 9 heteroatoms. The Bertz CT molecular complexity index is 862. The minimum absolute atomic E-state index is 0.0167. The van der Waals surface area contributed by atoms with Crippen LogP contribution in [0.4, 0.5) is 5.69 Å². The number of amidine groups is 1. The summed E-state index contributed by atoms with van der Waals surface area (Å²) >= 11 is 1.57. The van der Waals surface area contributed by atoms with Crippen molar-refractivity contribution in [3.63, 3.8) is 0 Å². The van der Waals surface area contributed by atoms with Gasteiger partial charge in [0.1, 0.15) is 5.01 Å². The van der Waals surface area contributed by atoms with Gasteiger partial charge in [-0.25, -0.2) is 9.67 Å². The molecule has 1 heterocycles. The van der Waals surface area contributed by atoms with Crippen molar-refractivity contribution in [3.05, 3.63) is 39.2 Å². The van der Waals surface area contributed by atoms with E-state index in [1.54, 1.807) is 23.5 Å². The lowest BCUT2D eigenvalue weighted by Gasteiger charge is -2.16. The van der Waals surface area contributed by atoms with E-state index in [2.05, 4.69) is 10.1 Å². The Kier molecular flexibility index (Phi) is 5.77. The van der Waals surface area contributed by atoms with E-state index < -0.39 is 11.5 Å². The second-order valence-corrected chi connectivity index (χ2v) is 7.33. The third-order valence-corrected chi connectivity index (χ3v) is 5.31. The maximum atomic E-state index is 10.4. The van der Waals surface area contributed by atoms with Gasteiger partial charge in [0.05, 0.1) is 11.7 Å². The van der Waals surface area contributed by atoms with Gasteiger partial charge in [-0.2, -0.15) is 5.10 Å². The SMILES string of the molecule is Cn1nc(-c2ccc(N=C(N)C[N+](=O)[O-])cc2)sc1=NC1CCCCC1. The Morgan fingerprint density at radius 1 is 1.35 bits per heavy atom. The van der Waals surface area contributed by atoms with Crippen LogP contribution in [0.2, 0.25) is 0 Å². The van der Waals surface area contributed by atoms with Crippen LogP contribution in [-0.4, -0.2) is 33.1 Å². The van der Waals surface area contributed by atoms with Crippen LogP contribution in [0.3, 0.4) is 0 Å². The zero-order valence-corrected chi connectivity index (χ0v) is 15.5. The molecule has 1 aromatic heterocycles. The van der Waals surface area contributed by atoms with Crippen molar-refractivity contribution in [2.24, 2.45) is 22.8 Å². The monoisotopic (exact) mass is 374 g/mol. The van der Waals surface area contributed by atoms with Gasteiger partial charge in [0.25, 0.3) is 6.54 Å². The molecule has 0 atom stereocenters. The number of nitrogens with two attached hydrogens (primary N) is 1. The number of rotatable bonds is 5. The quantitative estimate of drug-likeness (QED) is 0.375. The molecule has 0 spiro atoms. The number of nitrogens with zero attached hydrogens (tertiary/aromatic N) is 5. The lowest BCUT2D eigenvalue weighted by Crippen LogP contribution is -2.22. The fraction of sp³-hybridized carbons (Fsp3) is 0.471. The van der Waals surface area contributed by atoms with Gasteiger partial charge in [-0.3, -0.25) is 15.1 Å². The molecule has 0 saturated heterocycles. The van der Waals surface area contributed by atoms with E-state index in [4.69, 9.17) is 10.7 Å². The first-order chi connectivity index (χ1) is 12.5. The number of aliphatic imine (C=N–C) groups is 1. The smallest absolute Gasteiger partial charge is 0.260 e. The van der Waals surface area contributed by atoms with Crippen molar-refractivity contribution in [2.45, 2.75) is 38.1 Å². The van der Waals surface area contributed by atoms with Crippen LogP contribution < -0.4 is 10.5 Å². The molecule has 138 valence electrons. The molecule has 0 amide bonds. The van der Waals surface area contributed by atoms with Crippen molar-refractivity contribution < 1.29 is 4.92 Å². The van der Waals surface area contributed by atoms with Gasteiger partial charge in [-0.15, -0.1) is 0 Å². The average molecular weight is 374 g/mol. The predicted octanol–water partition coefficient (Wildman–Crippen LogP) is 2.65. The molecule has 0 bridgehead atoms. The molecule has 26 heavy (non-hydrogen) atoms. The molecule has 1 aliphatic rings. The van der Waals surface area contributed by atoms with Gasteiger partial charge in [0.2, 0.25) is 4.80 Å². The van der Waals surface area contributed by atoms with Crippen LogP contribution in [0, 0.1) is 10.1 Å². The van der Waals surface area contributed by atoms with Gasteiger partial charge in [-0.05, 0) is 37.1 Å². The zero-order valence-electron chi connectivity index (χ0n) is 14.7. The van der Waals surface area contributed by atoms with Crippen molar-refractivity contribution >= 4 is 22.9 Å². The summed E-state index contributed by atoms with van der Waals surface area (Å²) in [5, 5.41) is 15.9. The molecule has 1 fully saturated rings. The van der Waals surface area contributed by atoms with Crippen molar-refractivity contribution in [3.8, 4) is 10.6 Å². The maximum Gasteiger partial charge on any atom is 0.260 e. The third-order valence-electron chi connectivity index (χ3n) is 4.25. The van der Waals surface area contributed by atoms with E-state index in [0.29, 0.717) is 11.7 Å². The average Bonchev–Trinajstić information content (AvgIpc) is 2.96. The molecule has 0 radical (unpaired) electrons. The normalized spacial score (nSPS) is 16.8. The largest absolute Gasteiger partial charge is 0.382 e. The minimum Gasteiger partial charge on any atom is -0.382 e. The number of hydrogen-bond donors (Lipinski definition) is 1. The topological polar surface area (TPSA) is 112 Å². The lowest BCUT2D eigenvalue weighted by atomic mass is 9.96. The van der Waals surface area contributed by atoms with Gasteiger partial charge in [-0.1, -0.05) is 30.6 Å². The summed E-state index contributed by atoms with van der Waals surface area (Å²) in [6, 6.07) is 7.75. The molecular formula is C17H22N6O2S. The van der Waals surface area contributed by atoms with E-state index in [9.17, 15) is 10.1 Å². The molecular weight excluding hydrogens is 352 g/mol. The fourth-order valence-electron chi connectivity index (χ4n) is 2.96. The van der Waals surface area contributed by atoms with Gasteiger partial charge in [0, 0.05) is 17.5 Å². The summed E-state index contributed by atoms with van der Waals surface area (Å²) in [5.74, 6) is -0.0167. The highest BCUT2D eigenvalue weighted by molar-refractivity contribution is 7.12. The van der Waals surface area contributed by atoms with Gasteiger partial charge in [0.15, 0.2) is 5.84 Å². The van der Waals surface area contributed by atoms with Crippen LogP contribution in [-0.2, 0) is 7.05 Å². The molecule has 1 aliphatic carbocycles. The highest BCUT2D eigenvalue weighted by Crippen LogP contribution is 2.24. The Labute approximate surface area is 155 Å². The standard InChI is InChI=1S/C17H22N6O2S/c1-22-17(20-13-5-3-2-4-6-13)26-16(21-22)12-7-9-14(10-8-12)19-15(18)11-23(24)25/h7-10,13H,2-6,11H2,1H3,(H2,18,19). The summed E-state index contributed by atoms with van der Waals surface area (Å²) < 4.78 is 1.83. The molecule has 8 nitrogen and oxygen atoms in total. The first-order valence-electron chi connectivity index (χ1n) is 8.64. The maximum absolute atomic E-state index is 10.4. The second-order valence-electron chi connectivity index (χ2n) is 6.38. The Morgan fingerprint density at radius 3 is 2.69 bits per heavy atom. The first kappa shape index (κ1) is 18.2. The van der Waals surface area contributed by atoms with E-state index >= 15 is 0 Å². The van der Waals surface area contributed by atoms with E-state index in [0.717, 1.165) is 28.2 Å². The number of nitro groups is 1. The molecule has 2 aromatic rings. The van der Waals surface area contributed by atoms with Crippen LogP contribution in [0.1, 0.15) is 32.1 Å². The number of aromatic nitrogens is 2. The summed E-state index contributed by atoms with van der Waals surface area (Å²) in [5.41, 5.74) is 7.10. The first-order valence-corrected chi connectivity index (χ1v) is 9.46.